The highest BCUT2D eigenvalue weighted by Gasteiger charge is 2.38. The van der Waals surface area contributed by atoms with Gasteiger partial charge in [0.05, 0.1) is 6.54 Å². The van der Waals surface area contributed by atoms with Gasteiger partial charge in [-0.25, -0.2) is 0 Å². The van der Waals surface area contributed by atoms with Crippen LogP contribution < -0.4 is 19.7 Å². The van der Waals surface area contributed by atoms with E-state index in [2.05, 4.69) is 5.32 Å². The number of carbonyl (C=O) groups is 2. The molecule has 0 fully saturated rings. The van der Waals surface area contributed by atoms with Gasteiger partial charge in [0.2, 0.25) is 12.7 Å². The van der Waals surface area contributed by atoms with E-state index in [1.54, 1.807) is 17.0 Å². The maximum atomic E-state index is 13.0. The van der Waals surface area contributed by atoms with E-state index in [0.29, 0.717) is 16.5 Å². The number of hydrogen-bond acceptors (Lipinski definition) is 4. The number of carbonyl (C=O) groups excluding carboxylic acids is 2. The fourth-order valence-electron chi connectivity index (χ4n) is 3.32. The van der Waals surface area contributed by atoms with Crippen LogP contribution in [-0.4, -0.2) is 18.6 Å². The summed E-state index contributed by atoms with van der Waals surface area (Å²) >= 11 is 6.36. The lowest BCUT2D eigenvalue weighted by atomic mass is 10.1. The average molecular weight is 373 g/mol. The first-order chi connectivity index (χ1) is 12.4. The molecule has 0 saturated heterocycles. The Bertz CT molecular complexity index is 928. The van der Waals surface area contributed by atoms with Gasteiger partial charge in [0, 0.05) is 29.3 Å². The number of nitrogens with one attached hydrogen (secondary N) is 1. The summed E-state index contributed by atoms with van der Waals surface area (Å²) in [6, 6.07) is 8.56. The summed E-state index contributed by atoms with van der Waals surface area (Å²) in [6.07, 6.45) is 0. The van der Waals surface area contributed by atoms with Crippen LogP contribution in [0.15, 0.2) is 30.3 Å². The molecule has 1 N–H and O–H groups in total. The van der Waals surface area contributed by atoms with Crippen LogP contribution in [-0.2, 0) is 16.1 Å². The third kappa shape index (κ3) is 2.76. The van der Waals surface area contributed by atoms with Crippen LogP contribution in [0, 0.1) is 6.92 Å². The fourth-order valence-corrected chi connectivity index (χ4v) is 3.53. The quantitative estimate of drug-likeness (QED) is 0.899. The molecule has 0 bridgehead atoms. The minimum Gasteiger partial charge on any atom is -0.454 e. The van der Waals surface area contributed by atoms with E-state index in [-0.39, 0.29) is 25.2 Å². The maximum Gasteiger partial charge on any atom is 0.254 e. The number of benzene rings is 2. The Morgan fingerprint density at radius 1 is 1.27 bits per heavy atom. The standard InChI is InChI=1S/C19H17ClN2O4/c1-10-3-4-15-13(5-10)18(21-11(2)23)19(24)22(15)8-12-6-16-17(7-14(12)20)26-9-25-16/h3-7,18H,8-9H2,1-2H3,(H,21,23). The number of anilines is 1. The van der Waals surface area contributed by atoms with Crippen LogP contribution in [0.2, 0.25) is 5.02 Å². The second kappa shape index (κ2) is 6.21. The molecule has 0 aromatic heterocycles. The van der Waals surface area contributed by atoms with Crippen LogP contribution in [0.3, 0.4) is 0 Å². The first-order valence-corrected chi connectivity index (χ1v) is 8.59. The topological polar surface area (TPSA) is 67.9 Å². The van der Waals surface area contributed by atoms with E-state index in [0.717, 1.165) is 22.4 Å². The largest absolute Gasteiger partial charge is 0.454 e. The van der Waals surface area contributed by atoms with Crippen LogP contribution in [0.25, 0.3) is 0 Å². The number of ether oxygens (including phenoxy) is 2. The second-order valence-electron chi connectivity index (χ2n) is 6.42. The third-order valence-electron chi connectivity index (χ3n) is 4.52. The van der Waals surface area contributed by atoms with Crippen molar-refractivity contribution < 1.29 is 19.1 Å². The first-order valence-electron chi connectivity index (χ1n) is 8.21. The molecular formula is C19H17ClN2O4. The summed E-state index contributed by atoms with van der Waals surface area (Å²) in [7, 11) is 0. The van der Waals surface area contributed by atoms with Gasteiger partial charge in [0.15, 0.2) is 11.5 Å². The first kappa shape index (κ1) is 16.7. The van der Waals surface area contributed by atoms with Crippen molar-refractivity contribution in [1.82, 2.24) is 5.32 Å². The molecule has 0 aliphatic carbocycles. The van der Waals surface area contributed by atoms with Gasteiger partial charge < -0.3 is 19.7 Å². The van der Waals surface area contributed by atoms with E-state index >= 15 is 0 Å². The molecule has 2 aromatic rings. The SMILES string of the molecule is CC(=O)NC1C(=O)N(Cc2cc3c(cc2Cl)OCO3)c2ccc(C)cc21. The van der Waals surface area contributed by atoms with Crippen molar-refractivity contribution in [2.45, 2.75) is 26.4 Å². The van der Waals surface area contributed by atoms with Crippen molar-refractivity contribution in [3.63, 3.8) is 0 Å². The van der Waals surface area contributed by atoms with E-state index < -0.39 is 6.04 Å². The summed E-state index contributed by atoms with van der Waals surface area (Å²) in [6.45, 7) is 3.79. The van der Waals surface area contributed by atoms with Gasteiger partial charge in [-0.3, -0.25) is 9.59 Å². The second-order valence-corrected chi connectivity index (χ2v) is 6.82. The molecule has 1 unspecified atom stereocenters. The highest BCUT2D eigenvalue weighted by molar-refractivity contribution is 6.31. The van der Waals surface area contributed by atoms with Crippen molar-refractivity contribution in [3.05, 3.63) is 52.0 Å². The minimum absolute atomic E-state index is 0.157. The average Bonchev–Trinajstić information content (AvgIpc) is 3.12. The highest BCUT2D eigenvalue weighted by Crippen LogP contribution is 2.41. The van der Waals surface area contributed by atoms with Gasteiger partial charge in [-0.1, -0.05) is 29.3 Å². The smallest absolute Gasteiger partial charge is 0.254 e. The lowest BCUT2D eigenvalue weighted by Crippen LogP contribution is -2.36. The number of rotatable bonds is 3. The van der Waals surface area contributed by atoms with Gasteiger partial charge in [-0.15, -0.1) is 0 Å². The summed E-state index contributed by atoms with van der Waals surface area (Å²) in [5.74, 6) is 0.769. The summed E-state index contributed by atoms with van der Waals surface area (Å²) in [4.78, 5) is 26.2. The minimum atomic E-state index is -0.685. The van der Waals surface area contributed by atoms with Crippen LogP contribution in [0.4, 0.5) is 5.69 Å². The van der Waals surface area contributed by atoms with Gasteiger partial charge in [-0.05, 0) is 24.6 Å². The lowest BCUT2D eigenvalue weighted by Gasteiger charge is -2.19. The molecule has 1 atom stereocenters. The summed E-state index contributed by atoms with van der Waals surface area (Å²) in [5, 5.41) is 3.24. The van der Waals surface area contributed by atoms with Crippen LogP contribution in [0.5, 0.6) is 11.5 Å². The Morgan fingerprint density at radius 3 is 2.73 bits per heavy atom. The van der Waals surface area contributed by atoms with E-state index in [1.807, 2.05) is 25.1 Å². The van der Waals surface area contributed by atoms with Crippen molar-refractivity contribution in [1.29, 1.82) is 0 Å². The van der Waals surface area contributed by atoms with Crippen LogP contribution in [0.1, 0.15) is 29.7 Å². The Hall–Kier alpha value is -2.73. The molecule has 2 aliphatic rings. The maximum absolute atomic E-state index is 13.0. The molecule has 7 heteroatoms. The van der Waals surface area contributed by atoms with Gasteiger partial charge >= 0.3 is 0 Å². The van der Waals surface area contributed by atoms with Gasteiger partial charge in [0.25, 0.3) is 5.91 Å². The van der Waals surface area contributed by atoms with E-state index in [1.165, 1.54) is 6.92 Å². The van der Waals surface area contributed by atoms with Crippen molar-refractivity contribution in [2.75, 3.05) is 11.7 Å². The molecule has 6 nitrogen and oxygen atoms in total. The Kier molecular flexibility index (Phi) is 4.00. The van der Waals surface area contributed by atoms with Gasteiger partial charge in [-0.2, -0.15) is 0 Å². The zero-order valence-corrected chi connectivity index (χ0v) is 15.1. The Morgan fingerprint density at radius 2 is 2.00 bits per heavy atom. The monoisotopic (exact) mass is 372 g/mol. The molecule has 0 spiro atoms. The predicted molar refractivity (Wildman–Crippen MR) is 96.5 cm³/mol. The molecule has 0 radical (unpaired) electrons. The molecule has 26 heavy (non-hydrogen) atoms. The van der Waals surface area contributed by atoms with Crippen molar-refractivity contribution in [2.24, 2.45) is 0 Å². The highest BCUT2D eigenvalue weighted by atomic mass is 35.5. The number of hydrogen-bond donors (Lipinski definition) is 1. The Labute approximate surface area is 155 Å². The number of fused-ring (bicyclic) bond motifs is 2. The van der Waals surface area contributed by atoms with E-state index in [9.17, 15) is 9.59 Å². The van der Waals surface area contributed by atoms with Crippen LogP contribution >= 0.6 is 11.6 Å². The number of nitrogens with zero attached hydrogens (tertiary/aromatic N) is 1. The Balaban J connectivity index is 1.71. The molecule has 2 amide bonds. The molecule has 2 aromatic carbocycles. The molecule has 134 valence electrons. The van der Waals surface area contributed by atoms with Crippen molar-refractivity contribution in [3.8, 4) is 11.5 Å². The number of halogens is 1. The molecule has 2 heterocycles. The molecule has 2 aliphatic heterocycles. The number of amides is 2. The fraction of sp³-hybridized carbons (Fsp3) is 0.263. The summed E-state index contributed by atoms with van der Waals surface area (Å²) in [5.41, 5.74) is 3.34. The van der Waals surface area contributed by atoms with Gasteiger partial charge in [0.1, 0.15) is 6.04 Å². The molecular weight excluding hydrogens is 356 g/mol. The summed E-state index contributed by atoms with van der Waals surface area (Å²) < 4.78 is 10.7. The zero-order chi connectivity index (χ0) is 18.4. The predicted octanol–water partition coefficient (Wildman–Crippen LogP) is 3.10. The third-order valence-corrected chi connectivity index (χ3v) is 4.87. The molecule has 4 rings (SSSR count). The van der Waals surface area contributed by atoms with E-state index in [4.69, 9.17) is 21.1 Å². The number of aryl methyl sites for hydroxylation is 1. The van der Waals surface area contributed by atoms with Crippen molar-refractivity contribution >= 4 is 29.1 Å². The zero-order valence-electron chi connectivity index (χ0n) is 14.3. The lowest BCUT2D eigenvalue weighted by molar-refractivity contribution is -0.126. The normalized spacial score (nSPS) is 17.4. The molecule has 0 saturated carbocycles.